The first-order valence-electron chi connectivity index (χ1n) is 11.8. The predicted octanol–water partition coefficient (Wildman–Crippen LogP) is 4.72. The van der Waals surface area contributed by atoms with Crippen LogP contribution in [0.25, 0.3) is 11.4 Å². The van der Waals surface area contributed by atoms with Gasteiger partial charge in [0.05, 0.1) is 11.4 Å². The van der Waals surface area contributed by atoms with Gasteiger partial charge in [-0.2, -0.15) is 5.10 Å². The van der Waals surface area contributed by atoms with Crippen molar-refractivity contribution in [3.05, 3.63) is 59.5 Å². The standard InChI is InChI=1S/C26H35N5O/c1-5-6-16-27-25(32)22-14-17-29(18-15-22)26-24(30-19(2)12-13-20(30)3)21(4)28-31(26)23-10-8-7-9-11-23/h7-13,22H,5-6,14-18H2,1-4H3,(H,27,32). The second-order valence-corrected chi connectivity index (χ2v) is 8.86. The van der Waals surface area contributed by atoms with Crippen LogP contribution in [0.15, 0.2) is 42.5 Å². The lowest BCUT2D eigenvalue weighted by Crippen LogP contribution is -2.41. The molecule has 0 aliphatic carbocycles. The number of nitrogens with zero attached hydrogens (tertiary/aromatic N) is 4. The summed E-state index contributed by atoms with van der Waals surface area (Å²) in [5, 5.41) is 8.09. The normalized spacial score (nSPS) is 14.7. The van der Waals surface area contributed by atoms with Gasteiger partial charge >= 0.3 is 0 Å². The third kappa shape index (κ3) is 4.31. The van der Waals surface area contributed by atoms with Gasteiger partial charge in [0.1, 0.15) is 5.69 Å². The van der Waals surface area contributed by atoms with Crippen molar-refractivity contribution in [2.24, 2.45) is 5.92 Å². The third-order valence-electron chi connectivity index (χ3n) is 6.50. The minimum Gasteiger partial charge on any atom is -0.356 e. The van der Waals surface area contributed by atoms with Crippen LogP contribution in [0.3, 0.4) is 0 Å². The first-order valence-corrected chi connectivity index (χ1v) is 11.8. The van der Waals surface area contributed by atoms with Crippen LogP contribution in [0.5, 0.6) is 0 Å². The lowest BCUT2D eigenvalue weighted by molar-refractivity contribution is -0.125. The van der Waals surface area contributed by atoms with Crippen molar-refractivity contribution in [1.29, 1.82) is 0 Å². The zero-order valence-corrected chi connectivity index (χ0v) is 19.8. The van der Waals surface area contributed by atoms with E-state index in [1.807, 2.05) is 6.07 Å². The van der Waals surface area contributed by atoms with E-state index < -0.39 is 0 Å². The number of hydrogen-bond acceptors (Lipinski definition) is 3. The molecule has 6 heteroatoms. The number of benzene rings is 1. The summed E-state index contributed by atoms with van der Waals surface area (Å²) in [7, 11) is 0. The molecule has 0 spiro atoms. The summed E-state index contributed by atoms with van der Waals surface area (Å²) < 4.78 is 4.38. The molecule has 3 heterocycles. The van der Waals surface area contributed by atoms with Crippen LogP contribution >= 0.6 is 0 Å². The Bertz CT molecular complexity index is 1040. The fourth-order valence-electron chi connectivity index (χ4n) is 4.71. The van der Waals surface area contributed by atoms with Crippen LogP contribution in [0, 0.1) is 26.7 Å². The van der Waals surface area contributed by atoms with Crippen molar-refractivity contribution in [3.63, 3.8) is 0 Å². The maximum absolute atomic E-state index is 12.6. The minimum absolute atomic E-state index is 0.0933. The van der Waals surface area contributed by atoms with Gasteiger partial charge in [0.2, 0.25) is 5.91 Å². The highest BCUT2D eigenvalue weighted by Crippen LogP contribution is 2.35. The lowest BCUT2D eigenvalue weighted by Gasteiger charge is -2.34. The Morgan fingerprint density at radius 2 is 1.69 bits per heavy atom. The number of piperidine rings is 1. The largest absolute Gasteiger partial charge is 0.356 e. The van der Waals surface area contributed by atoms with Gasteiger partial charge in [0, 0.05) is 36.9 Å². The van der Waals surface area contributed by atoms with Gasteiger partial charge in [-0.15, -0.1) is 0 Å². The zero-order chi connectivity index (χ0) is 22.7. The van der Waals surface area contributed by atoms with Crippen molar-refractivity contribution in [1.82, 2.24) is 19.7 Å². The number of carbonyl (C=O) groups is 1. The molecule has 170 valence electrons. The Balaban J connectivity index is 1.67. The van der Waals surface area contributed by atoms with Crippen LogP contribution < -0.4 is 10.2 Å². The molecule has 3 aromatic rings. The van der Waals surface area contributed by atoms with Crippen LogP contribution in [-0.4, -0.2) is 39.9 Å². The molecule has 1 saturated heterocycles. The molecular formula is C26H35N5O. The number of hydrogen-bond donors (Lipinski definition) is 1. The smallest absolute Gasteiger partial charge is 0.223 e. The summed E-state index contributed by atoms with van der Waals surface area (Å²) in [6.45, 7) is 11.0. The number of anilines is 1. The van der Waals surface area contributed by atoms with Crippen LogP contribution in [0.4, 0.5) is 5.82 Å². The lowest BCUT2D eigenvalue weighted by atomic mass is 9.95. The Hall–Kier alpha value is -3.02. The van der Waals surface area contributed by atoms with E-state index in [-0.39, 0.29) is 11.8 Å². The summed E-state index contributed by atoms with van der Waals surface area (Å²) in [6.07, 6.45) is 3.86. The predicted molar refractivity (Wildman–Crippen MR) is 130 cm³/mol. The molecule has 0 atom stereocenters. The second-order valence-electron chi connectivity index (χ2n) is 8.86. The van der Waals surface area contributed by atoms with E-state index in [1.165, 1.54) is 11.4 Å². The van der Waals surface area contributed by atoms with Crippen LogP contribution in [-0.2, 0) is 4.79 Å². The fraction of sp³-hybridized carbons (Fsp3) is 0.462. The quantitative estimate of drug-likeness (QED) is 0.549. The van der Waals surface area contributed by atoms with E-state index in [9.17, 15) is 4.79 Å². The SMILES string of the molecule is CCCCNC(=O)C1CCN(c2c(-n3c(C)ccc3C)c(C)nn2-c2ccccc2)CC1. The third-order valence-corrected chi connectivity index (χ3v) is 6.50. The van der Waals surface area contributed by atoms with Gasteiger partial charge in [0.25, 0.3) is 0 Å². The summed E-state index contributed by atoms with van der Waals surface area (Å²) in [4.78, 5) is 15.0. The molecule has 1 N–H and O–H groups in total. The topological polar surface area (TPSA) is 55.1 Å². The Kier molecular flexibility index (Phi) is 6.68. The first kappa shape index (κ1) is 22.2. The number of rotatable bonds is 7. The highest BCUT2D eigenvalue weighted by Gasteiger charge is 2.30. The molecule has 4 rings (SSSR count). The number of nitrogens with one attached hydrogen (secondary N) is 1. The maximum atomic E-state index is 12.6. The molecular weight excluding hydrogens is 398 g/mol. The number of aromatic nitrogens is 3. The Morgan fingerprint density at radius 3 is 2.31 bits per heavy atom. The van der Waals surface area contributed by atoms with Crippen LogP contribution in [0.2, 0.25) is 0 Å². The van der Waals surface area contributed by atoms with Gasteiger partial charge in [-0.1, -0.05) is 31.5 Å². The highest BCUT2D eigenvalue weighted by atomic mass is 16.1. The number of aryl methyl sites for hydroxylation is 3. The maximum Gasteiger partial charge on any atom is 0.223 e. The Labute approximate surface area is 191 Å². The zero-order valence-electron chi connectivity index (χ0n) is 19.8. The molecule has 6 nitrogen and oxygen atoms in total. The average molecular weight is 434 g/mol. The highest BCUT2D eigenvalue weighted by molar-refractivity contribution is 5.79. The molecule has 0 bridgehead atoms. The van der Waals surface area contributed by atoms with Crippen molar-refractivity contribution in [2.75, 3.05) is 24.5 Å². The summed E-state index contributed by atoms with van der Waals surface area (Å²) >= 11 is 0. The molecule has 1 amide bonds. The second kappa shape index (κ2) is 9.63. The molecule has 1 aromatic carbocycles. The average Bonchev–Trinajstić information content (AvgIpc) is 3.32. The van der Waals surface area contributed by atoms with E-state index in [1.54, 1.807) is 0 Å². The monoisotopic (exact) mass is 433 g/mol. The van der Waals surface area contributed by atoms with E-state index in [2.05, 4.69) is 83.6 Å². The first-order chi connectivity index (χ1) is 15.5. The van der Waals surface area contributed by atoms with E-state index in [0.717, 1.165) is 68.2 Å². The Morgan fingerprint density at radius 1 is 1.03 bits per heavy atom. The molecule has 1 fully saturated rings. The van der Waals surface area contributed by atoms with Crippen molar-refractivity contribution in [3.8, 4) is 11.4 Å². The van der Waals surface area contributed by atoms with Gasteiger partial charge in [-0.25, -0.2) is 4.68 Å². The van der Waals surface area contributed by atoms with Crippen LogP contribution in [0.1, 0.15) is 49.7 Å². The van der Waals surface area contributed by atoms with E-state index in [4.69, 9.17) is 5.10 Å². The van der Waals surface area contributed by atoms with E-state index in [0.29, 0.717) is 0 Å². The molecule has 1 aliphatic heterocycles. The molecule has 0 saturated carbocycles. The molecule has 1 aliphatic rings. The summed E-state index contributed by atoms with van der Waals surface area (Å²) in [5.74, 6) is 1.42. The minimum atomic E-state index is 0.0933. The number of carbonyl (C=O) groups excluding carboxylic acids is 1. The fourth-order valence-corrected chi connectivity index (χ4v) is 4.71. The molecule has 32 heavy (non-hydrogen) atoms. The van der Waals surface area contributed by atoms with E-state index >= 15 is 0 Å². The number of unbranched alkanes of at least 4 members (excludes halogenated alkanes) is 1. The number of para-hydroxylation sites is 1. The summed E-state index contributed by atoms with van der Waals surface area (Å²) in [6, 6.07) is 14.6. The van der Waals surface area contributed by atoms with Gasteiger partial charge in [-0.05, 0) is 64.3 Å². The van der Waals surface area contributed by atoms with Gasteiger partial charge < -0.3 is 14.8 Å². The van der Waals surface area contributed by atoms with Gasteiger partial charge in [0.15, 0.2) is 5.82 Å². The number of amides is 1. The van der Waals surface area contributed by atoms with Gasteiger partial charge in [-0.3, -0.25) is 4.79 Å². The van der Waals surface area contributed by atoms with Crippen molar-refractivity contribution >= 4 is 11.7 Å². The van der Waals surface area contributed by atoms with Crippen molar-refractivity contribution in [2.45, 2.75) is 53.4 Å². The molecule has 0 radical (unpaired) electrons. The molecule has 2 aromatic heterocycles. The van der Waals surface area contributed by atoms with Crippen molar-refractivity contribution < 1.29 is 4.79 Å². The summed E-state index contributed by atoms with van der Waals surface area (Å²) in [5.41, 5.74) is 5.60. The molecule has 0 unspecified atom stereocenters.